The minimum atomic E-state index is 0.00921. The molecular formula is C18H21N3O2. The van der Waals surface area contributed by atoms with Gasteiger partial charge in [-0.3, -0.25) is 9.78 Å². The number of hydrogen-bond donors (Lipinski definition) is 1. The highest BCUT2D eigenvalue weighted by molar-refractivity contribution is 5.92. The molecule has 0 bridgehead atoms. The van der Waals surface area contributed by atoms with Crippen molar-refractivity contribution < 1.29 is 9.53 Å². The van der Waals surface area contributed by atoms with Gasteiger partial charge in [-0.05, 0) is 36.6 Å². The van der Waals surface area contributed by atoms with Gasteiger partial charge >= 0.3 is 0 Å². The Hall–Kier alpha value is -2.40. The number of pyridine rings is 1. The first kappa shape index (κ1) is 15.5. The molecule has 1 aliphatic rings. The van der Waals surface area contributed by atoms with Crippen molar-refractivity contribution in [2.24, 2.45) is 0 Å². The number of ether oxygens (including phenoxy) is 1. The zero-order valence-corrected chi connectivity index (χ0v) is 13.0. The van der Waals surface area contributed by atoms with Crippen LogP contribution in [0.3, 0.4) is 0 Å². The van der Waals surface area contributed by atoms with Gasteiger partial charge in [-0.2, -0.15) is 0 Å². The summed E-state index contributed by atoms with van der Waals surface area (Å²) in [6.45, 7) is 4.90. The lowest BCUT2D eigenvalue weighted by molar-refractivity contribution is 0.0377. The Kier molecular flexibility index (Phi) is 4.88. The van der Waals surface area contributed by atoms with E-state index in [9.17, 15) is 4.79 Å². The lowest BCUT2D eigenvalue weighted by Crippen LogP contribution is -2.42. The second-order valence-electron chi connectivity index (χ2n) is 5.66. The van der Waals surface area contributed by atoms with E-state index in [1.165, 1.54) is 0 Å². The number of rotatable bonds is 6. The molecule has 3 rings (SSSR count). The first-order chi connectivity index (χ1) is 11.3. The molecule has 2 atom stereocenters. The lowest BCUT2D eigenvalue weighted by atomic mass is 10.0. The predicted octanol–water partition coefficient (Wildman–Crippen LogP) is 2.44. The van der Waals surface area contributed by atoms with Crippen LogP contribution in [-0.2, 0) is 11.2 Å². The molecular weight excluding hydrogens is 290 g/mol. The van der Waals surface area contributed by atoms with Gasteiger partial charge in [0.1, 0.15) is 5.69 Å². The van der Waals surface area contributed by atoms with Crippen LogP contribution in [0.15, 0.2) is 55.5 Å². The fourth-order valence-corrected chi connectivity index (χ4v) is 3.08. The molecule has 2 aromatic rings. The molecule has 0 saturated carbocycles. The number of H-pyrrole nitrogens is 1. The van der Waals surface area contributed by atoms with Gasteiger partial charge in [0, 0.05) is 25.1 Å². The van der Waals surface area contributed by atoms with Crippen LogP contribution in [0.1, 0.15) is 22.5 Å². The summed E-state index contributed by atoms with van der Waals surface area (Å²) in [5, 5.41) is 0. The third-order valence-corrected chi connectivity index (χ3v) is 4.17. The van der Waals surface area contributed by atoms with Gasteiger partial charge < -0.3 is 14.6 Å². The van der Waals surface area contributed by atoms with E-state index in [0.717, 1.165) is 18.4 Å². The van der Waals surface area contributed by atoms with Crippen LogP contribution in [-0.4, -0.2) is 46.1 Å². The fraction of sp³-hybridized carbons (Fsp3) is 0.333. The molecule has 23 heavy (non-hydrogen) atoms. The molecule has 120 valence electrons. The zero-order valence-electron chi connectivity index (χ0n) is 13.0. The van der Waals surface area contributed by atoms with Gasteiger partial charge in [0.2, 0.25) is 0 Å². The van der Waals surface area contributed by atoms with Crippen molar-refractivity contribution in [2.75, 3.05) is 13.2 Å². The van der Waals surface area contributed by atoms with E-state index in [-0.39, 0.29) is 18.1 Å². The molecule has 0 unspecified atom stereocenters. The van der Waals surface area contributed by atoms with Crippen molar-refractivity contribution >= 4 is 5.91 Å². The number of carbonyl (C=O) groups is 1. The van der Waals surface area contributed by atoms with E-state index < -0.39 is 0 Å². The van der Waals surface area contributed by atoms with Crippen molar-refractivity contribution in [2.45, 2.75) is 25.0 Å². The molecule has 0 radical (unpaired) electrons. The van der Waals surface area contributed by atoms with E-state index in [2.05, 4.69) is 16.5 Å². The van der Waals surface area contributed by atoms with Gasteiger partial charge in [0.15, 0.2) is 0 Å². The molecule has 0 aromatic carbocycles. The highest BCUT2D eigenvalue weighted by Crippen LogP contribution is 2.26. The number of nitrogens with zero attached hydrogens (tertiary/aromatic N) is 2. The summed E-state index contributed by atoms with van der Waals surface area (Å²) in [6.07, 6.45) is 8.72. The molecule has 5 heteroatoms. The Morgan fingerprint density at radius 2 is 2.39 bits per heavy atom. The average Bonchev–Trinajstić information content (AvgIpc) is 3.24. The third-order valence-electron chi connectivity index (χ3n) is 4.17. The first-order valence-corrected chi connectivity index (χ1v) is 7.85. The summed E-state index contributed by atoms with van der Waals surface area (Å²) in [6, 6.07) is 7.61. The van der Waals surface area contributed by atoms with Crippen molar-refractivity contribution in [3.8, 4) is 0 Å². The molecule has 0 aliphatic carbocycles. The van der Waals surface area contributed by atoms with Crippen molar-refractivity contribution in [1.82, 2.24) is 14.9 Å². The van der Waals surface area contributed by atoms with E-state index in [4.69, 9.17) is 4.74 Å². The Morgan fingerprint density at radius 1 is 1.48 bits per heavy atom. The molecule has 1 saturated heterocycles. The topological polar surface area (TPSA) is 58.2 Å². The van der Waals surface area contributed by atoms with E-state index >= 15 is 0 Å². The maximum absolute atomic E-state index is 12.7. The van der Waals surface area contributed by atoms with E-state index in [0.29, 0.717) is 18.8 Å². The number of hydrogen-bond acceptors (Lipinski definition) is 3. The summed E-state index contributed by atoms with van der Waals surface area (Å²) in [5.41, 5.74) is 1.72. The minimum Gasteiger partial charge on any atom is -0.372 e. The molecule has 3 heterocycles. The van der Waals surface area contributed by atoms with Crippen molar-refractivity contribution in [1.29, 1.82) is 0 Å². The molecule has 1 fully saturated rings. The molecule has 1 aliphatic heterocycles. The summed E-state index contributed by atoms with van der Waals surface area (Å²) >= 11 is 0. The number of nitrogens with one attached hydrogen (secondary N) is 1. The first-order valence-electron chi connectivity index (χ1n) is 7.85. The van der Waals surface area contributed by atoms with E-state index in [1.54, 1.807) is 24.5 Å². The Labute approximate surface area is 136 Å². The van der Waals surface area contributed by atoms with E-state index in [1.807, 2.05) is 29.3 Å². The van der Waals surface area contributed by atoms with Crippen molar-refractivity contribution in [3.63, 3.8) is 0 Å². The Bertz CT molecular complexity index is 640. The Balaban J connectivity index is 1.79. The number of likely N-dealkylation sites (tertiary alicyclic amines) is 1. The maximum atomic E-state index is 12.7. The second kappa shape index (κ2) is 7.24. The molecule has 2 aromatic heterocycles. The number of aromatic amines is 1. The summed E-state index contributed by atoms with van der Waals surface area (Å²) in [4.78, 5) is 21.8. The maximum Gasteiger partial charge on any atom is 0.270 e. The molecule has 5 nitrogen and oxygen atoms in total. The van der Waals surface area contributed by atoms with Crippen molar-refractivity contribution in [3.05, 3.63) is 66.8 Å². The molecule has 1 N–H and O–H groups in total. The second-order valence-corrected chi connectivity index (χ2v) is 5.66. The fourth-order valence-electron chi connectivity index (χ4n) is 3.08. The largest absolute Gasteiger partial charge is 0.372 e. The van der Waals surface area contributed by atoms with Crippen LogP contribution >= 0.6 is 0 Å². The van der Waals surface area contributed by atoms with Crippen LogP contribution in [0.5, 0.6) is 0 Å². The predicted molar refractivity (Wildman–Crippen MR) is 88.1 cm³/mol. The zero-order chi connectivity index (χ0) is 16.1. The number of carbonyl (C=O) groups excluding carboxylic acids is 1. The molecule has 1 amide bonds. The minimum absolute atomic E-state index is 0.00921. The van der Waals surface area contributed by atoms with Crippen LogP contribution in [0.2, 0.25) is 0 Å². The molecule has 0 spiro atoms. The van der Waals surface area contributed by atoms with Gasteiger partial charge in [0.25, 0.3) is 5.91 Å². The van der Waals surface area contributed by atoms with Gasteiger partial charge in [0.05, 0.1) is 18.8 Å². The monoisotopic (exact) mass is 311 g/mol. The summed E-state index contributed by atoms with van der Waals surface area (Å²) in [7, 11) is 0. The Morgan fingerprint density at radius 3 is 3.09 bits per heavy atom. The van der Waals surface area contributed by atoms with Gasteiger partial charge in [-0.1, -0.05) is 12.1 Å². The smallest absolute Gasteiger partial charge is 0.270 e. The highest BCUT2D eigenvalue weighted by atomic mass is 16.5. The summed E-state index contributed by atoms with van der Waals surface area (Å²) in [5.74, 6) is 0.0218. The quantitative estimate of drug-likeness (QED) is 0.834. The normalized spacial score (nSPS) is 20.6. The third kappa shape index (κ3) is 3.51. The highest BCUT2D eigenvalue weighted by Gasteiger charge is 2.38. The van der Waals surface area contributed by atoms with Gasteiger partial charge in [-0.15, -0.1) is 6.58 Å². The SMILES string of the molecule is C=CCO[C@@H]1CCN(C(=O)c2ccc[nH]2)[C@@H]1Cc1cccnc1. The van der Waals surface area contributed by atoms with Crippen LogP contribution in [0, 0.1) is 0 Å². The van der Waals surface area contributed by atoms with Crippen LogP contribution < -0.4 is 0 Å². The summed E-state index contributed by atoms with van der Waals surface area (Å²) < 4.78 is 5.89. The van der Waals surface area contributed by atoms with Crippen LogP contribution in [0.4, 0.5) is 0 Å². The standard InChI is InChI=1S/C18H21N3O2/c1-2-11-23-17-7-10-21(18(22)15-6-4-9-20-15)16(17)12-14-5-3-8-19-13-14/h2-6,8-9,13,16-17,20H,1,7,10-12H2/t16-,17-/m1/s1. The number of aromatic nitrogens is 2. The lowest BCUT2D eigenvalue weighted by Gasteiger charge is -2.28. The van der Waals surface area contributed by atoms with Crippen LogP contribution in [0.25, 0.3) is 0 Å². The number of amides is 1. The average molecular weight is 311 g/mol. The van der Waals surface area contributed by atoms with Gasteiger partial charge in [-0.25, -0.2) is 0 Å².